The zero-order valence-corrected chi connectivity index (χ0v) is 10.3. The highest BCUT2D eigenvalue weighted by molar-refractivity contribution is 6.08. The summed E-state index contributed by atoms with van der Waals surface area (Å²) in [5, 5.41) is 11.7. The number of aromatic hydroxyl groups is 1. The van der Waals surface area contributed by atoms with Gasteiger partial charge >= 0.3 is 5.97 Å². The predicted molar refractivity (Wildman–Crippen MR) is 66.1 cm³/mol. The van der Waals surface area contributed by atoms with Gasteiger partial charge in [-0.05, 0) is 37.6 Å². The topological polar surface area (TPSA) is 102 Å². The number of carbonyl (C=O) groups is 2. The Labute approximate surface area is 105 Å². The zero-order valence-electron chi connectivity index (χ0n) is 10.3. The summed E-state index contributed by atoms with van der Waals surface area (Å²) >= 11 is 0. The van der Waals surface area contributed by atoms with Crippen molar-refractivity contribution in [1.82, 2.24) is 0 Å². The number of phenols is 1. The summed E-state index contributed by atoms with van der Waals surface area (Å²) in [6.45, 7) is 3.51. The molecule has 0 fully saturated rings. The summed E-state index contributed by atoms with van der Waals surface area (Å²) in [6.07, 6.45) is 0. The van der Waals surface area contributed by atoms with Crippen LogP contribution in [-0.4, -0.2) is 29.6 Å². The summed E-state index contributed by atoms with van der Waals surface area (Å²) in [5.74, 6) is -1.33. The van der Waals surface area contributed by atoms with Gasteiger partial charge in [-0.25, -0.2) is 4.79 Å². The van der Waals surface area contributed by atoms with Crippen LogP contribution >= 0.6 is 0 Å². The Bertz CT molecular complexity index is 459. The van der Waals surface area contributed by atoms with E-state index in [-0.39, 0.29) is 12.4 Å². The number of rotatable bonds is 4. The number of anilines is 1. The average molecular weight is 252 g/mol. The molecule has 1 atom stereocenters. The van der Waals surface area contributed by atoms with Crippen LogP contribution in [0, 0.1) is 6.92 Å². The molecule has 0 saturated carbocycles. The number of hydrogen-bond acceptors (Lipinski definition) is 5. The van der Waals surface area contributed by atoms with Gasteiger partial charge < -0.3 is 20.9 Å². The number of phenolic OH excluding ortho intramolecular Hbond substituents is 1. The lowest BCUT2D eigenvalue weighted by atomic mass is 10.2. The maximum atomic E-state index is 11.7. The van der Waals surface area contributed by atoms with Gasteiger partial charge in [0.15, 0.2) is 6.04 Å². The molecule has 0 bridgehead atoms. The second-order valence-corrected chi connectivity index (χ2v) is 3.72. The molecule has 0 heterocycles. The minimum absolute atomic E-state index is 0.0974. The van der Waals surface area contributed by atoms with E-state index in [0.717, 1.165) is 0 Å². The van der Waals surface area contributed by atoms with Gasteiger partial charge in [0.25, 0.3) is 5.91 Å². The van der Waals surface area contributed by atoms with Crippen molar-refractivity contribution in [2.45, 2.75) is 19.9 Å². The van der Waals surface area contributed by atoms with E-state index in [4.69, 9.17) is 5.73 Å². The van der Waals surface area contributed by atoms with Crippen molar-refractivity contribution in [2.24, 2.45) is 5.73 Å². The van der Waals surface area contributed by atoms with Crippen LogP contribution in [0.5, 0.6) is 5.75 Å². The van der Waals surface area contributed by atoms with Gasteiger partial charge in [-0.2, -0.15) is 0 Å². The van der Waals surface area contributed by atoms with E-state index in [0.29, 0.717) is 11.3 Å². The van der Waals surface area contributed by atoms with Gasteiger partial charge in [0, 0.05) is 5.69 Å². The Morgan fingerprint density at radius 1 is 1.50 bits per heavy atom. The fraction of sp³-hybridized carbons (Fsp3) is 0.333. The van der Waals surface area contributed by atoms with Crippen molar-refractivity contribution in [3.8, 4) is 5.75 Å². The second-order valence-electron chi connectivity index (χ2n) is 3.72. The Kier molecular flexibility index (Phi) is 4.67. The van der Waals surface area contributed by atoms with E-state index in [1.165, 1.54) is 18.2 Å². The molecule has 1 unspecified atom stereocenters. The third-order valence-corrected chi connectivity index (χ3v) is 2.29. The molecule has 6 heteroatoms. The third kappa shape index (κ3) is 3.46. The van der Waals surface area contributed by atoms with Crippen molar-refractivity contribution in [1.29, 1.82) is 0 Å². The summed E-state index contributed by atoms with van der Waals surface area (Å²) in [4.78, 5) is 22.9. The maximum Gasteiger partial charge on any atom is 0.332 e. The van der Waals surface area contributed by atoms with Crippen molar-refractivity contribution < 1.29 is 19.4 Å². The molecule has 1 aromatic rings. The molecule has 0 radical (unpaired) electrons. The molecule has 0 aliphatic rings. The van der Waals surface area contributed by atoms with Gasteiger partial charge in [0.1, 0.15) is 5.75 Å². The fourth-order valence-electron chi connectivity index (χ4n) is 1.34. The van der Waals surface area contributed by atoms with E-state index in [1.54, 1.807) is 13.8 Å². The van der Waals surface area contributed by atoms with Gasteiger partial charge in [-0.15, -0.1) is 0 Å². The van der Waals surface area contributed by atoms with E-state index >= 15 is 0 Å². The second kappa shape index (κ2) is 6.02. The highest BCUT2D eigenvalue weighted by atomic mass is 16.5. The Morgan fingerprint density at radius 2 is 2.17 bits per heavy atom. The van der Waals surface area contributed by atoms with Crippen LogP contribution < -0.4 is 11.1 Å². The molecule has 0 aliphatic heterocycles. The SMILES string of the molecule is CCOC(=O)C(N)C(=O)Nc1ccc(O)cc1C. The van der Waals surface area contributed by atoms with E-state index in [2.05, 4.69) is 10.1 Å². The third-order valence-electron chi connectivity index (χ3n) is 2.29. The summed E-state index contributed by atoms with van der Waals surface area (Å²) < 4.78 is 4.65. The van der Waals surface area contributed by atoms with E-state index in [9.17, 15) is 14.7 Å². The van der Waals surface area contributed by atoms with Crippen LogP contribution in [0.3, 0.4) is 0 Å². The highest BCUT2D eigenvalue weighted by Crippen LogP contribution is 2.20. The molecule has 4 N–H and O–H groups in total. The number of nitrogens with one attached hydrogen (secondary N) is 1. The van der Waals surface area contributed by atoms with Crippen LogP contribution in [0.1, 0.15) is 12.5 Å². The first kappa shape index (κ1) is 14.0. The van der Waals surface area contributed by atoms with Gasteiger partial charge in [-0.1, -0.05) is 0 Å². The Morgan fingerprint density at radius 3 is 2.72 bits per heavy atom. The van der Waals surface area contributed by atoms with Crippen molar-refractivity contribution >= 4 is 17.6 Å². The Hall–Kier alpha value is -2.08. The number of hydrogen-bond donors (Lipinski definition) is 3. The van der Waals surface area contributed by atoms with E-state index < -0.39 is 17.9 Å². The monoisotopic (exact) mass is 252 g/mol. The van der Waals surface area contributed by atoms with Gasteiger partial charge in [-0.3, -0.25) is 4.79 Å². The number of ether oxygens (including phenoxy) is 1. The number of aryl methyl sites for hydroxylation is 1. The quantitative estimate of drug-likeness (QED) is 0.412. The number of carbonyl (C=O) groups excluding carboxylic acids is 2. The first-order valence-corrected chi connectivity index (χ1v) is 5.48. The first-order valence-electron chi connectivity index (χ1n) is 5.48. The van der Waals surface area contributed by atoms with Crippen molar-refractivity contribution in [2.75, 3.05) is 11.9 Å². The fourth-order valence-corrected chi connectivity index (χ4v) is 1.34. The largest absolute Gasteiger partial charge is 0.508 e. The molecular weight excluding hydrogens is 236 g/mol. The standard InChI is InChI=1S/C12H16N2O4/c1-3-18-12(17)10(13)11(16)14-9-5-4-8(15)6-7(9)2/h4-6,10,15H,3,13H2,1-2H3,(H,14,16). The average Bonchev–Trinajstić information content (AvgIpc) is 2.32. The summed E-state index contributed by atoms with van der Waals surface area (Å²) in [6, 6.07) is 3.09. The number of benzene rings is 1. The lowest BCUT2D eigenvalue weighted by Crippen LogP contribution is -2.43. The van der Waals surface area contributed by atoms with Crippen LogP contribution in [0.2, 0.25) is 0 Å². The molecule has 1 rings (SSSR count). The Balaban J connectivity index is 2.72. The smallest absolute Gasteiger partial charge is 0.332 e. The molecule has 1 aromatic carbocycles. The van der Waals surface area contributed by atoms with E-state index in [1.807, 2.05) is 0 Å². The van der Waals surface area contributed by atoms with Crippen LogP contribution in [0.15, 0.2) is 18.2 Å². The summed E-state index contributed by atoms with van der Waals surface area (Å²) in [7, 11) is 0. The number of nitrogens with two attached hydrogens (primary N) is 1. The van der Waals surface area contributed by atoms with Crippen molar-refractivity contribution in [3.05, 3.63) is 23.8 Å². The molecule has 0 saturated heterocycles. The van der Waals surface area contributed by atoms with Crippen molar-refractivity contribution in [3.63, 3.8) is 0 Å². The maximum absolute atomic E-state index is 11.7. The molecule has 1 amide bonds. The normalized spacial score (nSPS) is 11.7. The molecule has 0 aromatic heterocycles. The minimum Gasteiger partial charge on any atom is -0.508 e. The first-order chi connectivity index (χ1) is 8.45. The minimum atomic E-state index is -1.36. The number of esters is 1. The summed E-state index contributed by atoms with van der Waals surface area (Å²) in [5.41, 5.74) is 6.59. The molecule has 6 nitrogen and oxygen atoms in total. The van der Waals surface area contributed by atoms with Crippen LogP contribution in [0.4, 0.5) is 5.69 Å². The van der Waals surface area contributed by atoms with Crippen LogP contribution in [-0.2, 0) is 14.3 Å². The predicted octanol–water partition coefficient (Wildman–Crippen LogP) is 0.530. The van der Waals surface area contributed by atoms with Crippen LogP contribution in [0.25, 0.3) is 0 Å². The van der Waals surface area contributed by atoms with Gasteiger partial charge in [0.2, 0.25) is 0 Å². The lowest BCUT2D eigenvalue weighted by Gasteiger charge is -2.12. The molecule has 0 aliphatic carbocycles. The number of amides is 1. The molecular formula is C12H16N2O4. The molecule has 18 heavy (non-hydrogen) atoms. The van der Waals surface area contributed by atoms with Gasteiger partial charge in [0.05, 0.1) is 6.61 Å². The lowest BCUT2D eigenvalue weighted by molar-refractivity contribution is -0.146. The zero-order chi connectivity index (χ0) is 13.7. The molecule has 0 spiro atoms. The molecule has 98 valence electrons. The highest BCUT2D eigenvalue weighted by Gasteiger charge is 2.23.